The number of fused-ring (bicyclic) bond motifs is 1. The summed E-state index contributed by atoms with van der Waals surface area (Å²) in [6.07, 6.45) is -0.291. The second kappa shape index (κ2) is 10.8. The molecule has 4 aromatic rings. The van der Waals surface area contributed by atoms with Gasteiger partial charge in [-0.2, -0.15) is 0 Å². The van der Waals surface area contributed by atoms with Crippen LogP contribution in [0, 0.1) is 0 Å². The molecule has 0 radical (unpaired) electrons. The fraction of sp³-hybridized carbons (Fsp3) is 0.138. The predicted molar refractivity (Wildman–Crippen MR) is 141 cm³/mol. The van der Waals surface area contributed by atoms with Gasteiger partial charge in [-0.15, -0.1) is 0 Å². The molecule has 0 aliphatic carbocycles. The van der Waals surface area contributed by atoms with Crippen LogP contribution in [0.15, 0.2) is 114 Å². The van der Waals surface area contributed by atoms with Crippen molar-refractivity contribution in [3.63, 3.8) is 0 Å². The SMILES string of the molecule is O=C(NC[C@@H]1COc2ccccc2O1)c1ccc(CN(c2ccccc2)S(=O)(=O)c2ccccc2)cc1. The number of para-hydroxylation sites is 3. The minimum Gasteiger partial charge on any atom is -0.486 e. The van der Waals surface area contributed by atoms with Crippen LogP contribution >= 0.6 is 0 Å². The molecule has 0 saturated heterocycles. The topological polar surface area (TPSA) is 84.9 Å². The summed E-state index contributed by atoms with van der Waals surface area (Å²) in [6.45, 7) is 0.767. The monoisotopic (exact) mass is 514 g/mol. The Hall–Kier alpha value is -4.30. The highest BCUT2D eigenvalue weighted by Crippen LogP contribution is 2.30. The molecule has 5 rings (SSSR count). The molecule has 1 amide bonds. The van der Waals surface area contributed by atoms with Crippen molar-refractivity contribution in [3.05, 3.63) is 120 Å². The van der Waals surface area contributed by atoms with E-state index < -0.39 is 10.0 Å². The van der Waals surface area contributed by atoms with Crippen LogP contribution in [0.5, 0.6) is 11.5 Å². The standard InChI is InChI=1S/C29H26N2O5S/c32-29(30-19-25-21-35-27-13-7-8-14-28(27)36-25)23-17-15-22(16-18-23)20-31(24-9-3-1-4-10-24)37(33,34)26-11-5-2-6-12-26/h1-18,25H,19-21H2,(H,30,32)/t25-/m1/s1. The number of amides is 1. The van der Waals surface area contributed by atoms with E-state index in [-0.39, 0.29) is 23.5 Å². The lowest BCUT2D eigenvalue weighted by Crippen LogP contribution is -2.40. The molecule has 0 aromatic heterocycles. The van der Waals surface area contributed by atoms with Crippen molar-refractivity contribution in [1.29, 1.82) is 0 Å². The molecule has 188 valence electrons. The lowest BCUT2D eigenvalue weighted by molar-refractivity contribution is 0.0789. The fourth-order valence-corrected chi connectivity index (χ4v) is 5.50. The Morgan fingerprint density at radius 2 is 1.43 bits per heavy atom. The van der Waals surface area contributed by atoms with Crippen molar-refractivity contribution in [2.75, 3.05) is 17.5 Å². The van der Waals surface area contributed by atoms with Crippen LogP contribution in [0.3, 0.4) is 0 Å². The average molecular weight is 515 g/mol. The van der Waals surface area contributed by atoms with Gasteiger partial charge in [0.1, 0.15) is 12.7 Å². The molecule has 1 aliphatic rings. The Morgan fingerprint density at radius 1 is 0.811 bits per heavy atom. The van der Waals surface area contributed by atoms with E-state index in [4.69, 9.17) is 9.47 Å². The third-order valence-corrected chi connectivity index (χ3v) is 7.76. The predicted octanol–water partition coefficient (Wildman–Crippen LogP) is 4.65. The van der Waals surface area contributed by atoms with E-state index in [1.165, 1.54) is 4.31 Å². The van der Waals surface area contributed by atoms with E-state index in [1.54, 1.807) is 78.9 Å². The first-order valence-electron chi connectivity index (χ1n) is 11.9. The minimum atomic E-state index is -3.79. The van der Waals surface area contributed by atoms with Gasteiger partial charge in [0.2, 0.25) is 0 Å². The zero-order valence-electron chi connectivity index (χ0n) is 20.0. The number of benzene rings is 4. The molecule has 0 fully saturated rings. The van der Waals surface area contributed by atoms with Gasteiger partial charge in [-0.25, -0.2) is 8.42 Å². The summed E-state index contributed by atoms with van der Waals surface area (Å²) < 4.78 is 39.9. The van der Waals surface area contributed by atoms with E-state index in [1.807, 2.05) is 30.3 Å². The molecular formula is C29H26N2O5S. The number of hydrogen-bond donors (Lipinski definition) is 1. The van der Waals surface area contributed by atoms with Crippen LogP contribution in [-0.4, -0.2) is 33.6 Å². The fourth-order valence-electron chi connectivity index (χ4n) is 4.03. The van der Waals surface area contributed by atoms with Gasteiger partial charge in [-0.3, -0.25) is 9.10 Å². The molecule has 0 spiro atoms. The molecule has 0 saturated carbocycles. The first-order valence-corrected chi connectivity index (χ1v) is 13.3. The third kappa shape index (κ3) is 5.59. The van der Waals surface area contributed by atoms with Gasteiger partial charge in [0.25, 0.3) is 15.9 Å². The van der Waals surface area contributed by atoms with Gasteiger partial charge in [-0.05, 0) is 54.1 Å². The van der Waals surface area contributed by atoms with Gasteiger partial charge in [0, 0.05) is 5.56 Å². The van der Waals surface area contributed by atoms with Crippen molar-refractivity contribution in [1.82, 2.24) is 5.32 Å². The van der Waals surface area contributed by atoms with Crippen molar-refractivity contribution < 1.29 is 22.7 Å². The van der Waals surface area contributed by atoms with Crippen molar-refractivity contribution >= 4 is 21.6 Å². The number of carbonyl (C=O) groups excluding carboxylic acids is 1. The first kappa shape index (κ1) is 24.4. The number of hydrogen-bond acceptors (Lipinski definition) is 5. The Morgan fingerprint density at radius 3 is 2.14 bits per heavy atom. The van der Waals surface area contributed by atoms with E-state index >= 15 is 0 Å². The van der Waals surface area contributed by atoms with Crippen LogP contribution in [0.4, 0.5) is 5.69 Å². The quantitative estimate of drug-likeness (QED) is 0.370. The van der Waals surface area contributed by atoms with Crippen molar-refractivity contribution in [2.24, 2.45) is 0 Å². The maximum absolute atomic E-state index is 13.5. The Kier molecular flexibility index (Phi) is 7.09. The van der Waals surface area contributed by atoms with Gasteiger partial charge in [0.05, 0.1) is 23.7 Å². The molecular weight excluding hydrogens is 488 g/mol. The van der Waals surface area contributed by atoms with Crippen LogP contribution in [0.1, 0.15) is 15.9 Å². The smallest absolute Gasteiger partial charge is 0.264 e. The lowest BCUT2D eigenvalue weighted by Gasteiger charge is -2.26. The highest BCUT2D eigenvalue weighted by Gasteiger charge is 2.25. The maximum Gasteiger partial charge on any atom is 0.264 e. The molecule has 0 bridgehead atoms. The van der Waals surface area contributed by atoms with Gasteiger partial charge < -0.3 is 14.8 Å². The molecule has 1 N–H and O–H groups in total. The number of rotatable bonds is 8. The van der Waals surface area contributed by atoms with E-state index in [2.05, 4.69) is 5.32 Å². The Bertz CT molecular complexity index is 1460. The number of anilines is 1. The number of sulfonamides is 1. The van der Waals surface area contributed by atoms with Crippen LogP contribution in [-0.2, 0) is 16.6 Å². The van der Waals surface area contributed by atoms with E-state index in [0.717, 1.165) is 5.56 Å². The Labute approximate surface area is 216 Å². The minimum absolute atomic E-state index is 0.121. The zero-order chi connectivity index (χ0) is 25.7. The normalized spacial score (nSPS) is 14.5. The highest BCUT2D eigenvalue weighted by molar-refractivity contribution is 7.92. The van der Waals surface area contributed by atoms with Crippen molar-refractivity contribution in [2.45, 2.75) is 17.5 Å². The van der Waals surface area contributed by atoms with Gasteiger partial charge in [0.15, 0.2) is 11.5 Å². The number of ether oxygens (including phenoxy) is 2. The summed E-state index contributed by atoms with van der Waals surface area (Å²) in [6, 6.07) is 31.6. The second-order valence-corrected chi connectivity index (χ2v) is 10.4. The average Bonchev–Trinajstić information content (AvgIpc) is 2.95. The zero-order valence-corrected chi connectivity index (χ0v) is 20.8. The first-order chi connectivity index (χ1) is 18.0. The number of nitrogens with one attached hydrogen (secondary N) is 1. The summed E-state index contributed by atoms with van der Waals surface area (Å²) in [5.74, 6) is 1.11. The molecule has 1 atom stereocenters. The molecule has 37 heavy (non-hydrogen) atoms. The summed E-state index contributed by atoms with van der Waals surface area (Å²) in [4.78, 5) is 12.9. The van der Waals surface area contributed by atoms with Gasteiger partial charge >= 0.3 is 0 Å². The summed E-state index contributed by atoms with van der Waals surface area (Å²) in [7, 11) is -3.79. The van der Waals surface area contributed by atoms with Crippen molar-refractivity contribution in [3.8, 4) is 11.5 Å². The largest absolute Gasteiger partial charge is 0.486 e. The maximum atomic E-state index is 13.5. The Balaban J connectivity index is 1.26. The number of nitrogens with zero attached hydrogens (tertiary/aromatic N) is 1. The second-order valence-electron chi connectivity index (χ2n) is 8.56. The van der Waals surface area contributed by atoms with Crippen LogP contribution in [0.2, 0.25) is 0 Å². The summed E-state index contributed by atoms with van der Waals surface area (Å²) >= 11 is 0. The van der Waals surface area contributed by atoms with E-state index in [9.17, 15) is 13.2 Å². The van der Waals surface area contributed by atoms with Gasteiger partial charge in [-0.1, -0.05) is 60.7 Å². The summed E-state index contributed by atoms with van der Waals surface area (Å²) in [5, 5.41) is 2.88. The highest BCUT2D eigenvalue weighted by atomic mass is 32.2. The van der Waals surface area contributed by atoms with E-state index in [0.29, 0.717) is 35.9 Å². The third-order valence-electron chi connectivity index (χ3n) is 5.98. The number of carbonyl (C=O) groups is 1. The molecule has 8 heteroatoms. The van der Waals surface area contributed by atoms with Crippen LogP contribution < -0.4 is 19.1 Å². The molecule has 1 aliphatic heterocycles. The molecule has 0 unspecified atom stereocenters. The molecule has 7 nitrogen and oxygen atoms in total. The lowest BCUT2D eigenvalue weighted by atomic mass is 10.1. The van der Waals surface area contributed by atoms with Crippen LogP contribution in [0.25, 0.3) is 0 Å². The molecule has 4 aromatic carbocycles. The molecule has 1 heterocycles. The summed E-state index contributed by atoms with van der Waals surface area (Å²) in [5.41, 5.74) is 1.78.